The maximum absolute atomic E-state index is 9.17. The van der Waals surface area contributed by atoms with Crippen LogP contribution in [0.2, 0.25) is 0 Å². The average molecular weight is 233 g/mol. The summed E-state index contributed by atoms with van der Waals surface area (Å²) >= 11 is 0. The molecule has 0 saturated carbocycles. The Balaban J connectivity index is 2.84. The van der Waals surface area contributed by atoms with Crippen molar-refractivity contribution >= 4 is 10.9 Å². The Morgan fingerprint density at radius 2 is 2.00 bits per heavy atom. The van der Waals surface area contributed by atoms with Crippen molar-refractivity contribution < 1.29 is 9.84 Å². The summed E-state index contributed by atoms with van der Waals surface area (Å²) in [6.07, 6.45) is 0.690. The third kappa shape index (κ3) is 1.80. The number of hydrogen-bond acceptors (Lipinski definition) is 2. The number of nitrogens with zero attached hydrogens (tertiary/aromatic N) is 1. The van der Waals surface area contributed by atoms with Crippen LogP contribution in [0.1, 0.15) is 16.8 Å². The van der Waals surface area contributed by atoms with Crippen molar-refractivity contribution in [2.75, 3.05) is 13.7 Å². The third-order valence-electron chi connectivity index (χ3n) is 3.40. The molecule has 1 aromatic heterocycles. The lowest BCUT2D eigenvalue weighted by Gasteiger charge is -2.06. The van der Waals surface area contributed by atoms with Crippen LogP contribution in [-0.2, 0) is 13.5 Å². The van der Waals surface area contributed by atoms with Crippen LogP contribution in [0.15, 0.2) is 12.1 Å². The molecule has 3 heteroatoms. The minimum absolute atomic E-state index is 0.177. The van der Waals surface area contributed by atoms with Gasteiger partial charge in [0.25, 0.3) is 0 Å². The van der Waals surface area contributed by atoms with Crippen LogP contribution < -0.4 is 4.74 Å². The van der Waals surface area contributed by atoms with E-state index in [9.17, 15) is 0 Å². The van der Waals surface area contributed by atoms with E-state index in [0.29, 0.717) is 6.42 Å². The molecule has 0 atom stereocenters. The lowest BCUT2D eigenvalue weighted by molar-refractivity contribution is 0.299. The predicted molar refractivity (Wildman–Crippen MR) is 69.7 cm³/mol. The highest BCUT2D eigenvalue weighted by Gasteiger charge is 2.15. The number of aliphatic hydroxyl groups excluding tert-OH is 1. The number of aliphatic hydroxyl groups is 1. The van der Waals surface area contributed by atoms with Crippen LogP contribution in [0.4, 0.5) is 0 Å². The molecule has 0 spiro atoms. The van der Waals surface area contributed by atoms with Crippen molar-refractivity contribution in [3.8, 4) is 5.75 Å². The van der Waals surface area contributed by atoms with Gasteiger partial charge in [0, 0.05) is 24.7 Å². The summed E-state index contributed by atoms with van der Waals surface area (Å²) in [5.74, 6) is 0.898. The number of hydrogen-bond donors (Lipinski definition) is 1. The zero-order chi connectivity index (χ0) is 12.6. The first-order valence-electron chi connectivity index (χ1n) is 5.83. The molecule has 3 nitrogen and oxygen atoms in total. The normalized spacial score (nSPS) is 11.1. The summed E-state index contributed by atoms with van der Waals surface area (Å²) in [5, 5.41) is 10.4. The highest BCUT2D eigenvalue weighted by Crippen LogP contribution is 2.33. The van der Waals surface area contributed by atoms with E-state index in [1.54, 1.807) is 7.11 Å². The van der Waals surface area contributed by atoms with Crippen LogP contribution in [0, 0.1) is 13.8 Å². The van der Waals surface area contributed by atoms with Gasteiger partial charge in [-0.1, -0.05) is 0 Å². The smallest absolute Gasteiger partial charge is 0.143 e. The van der Waals surface area contributed by atoms with Gasteiger partial charge in [-0.3, -0.25) is 0 Å². The molecular weight excluding hydrogens is 214 g/mol. The summed E-state index contributed by atoms with van der Waals surface area (Å²) in [7, 11) is 3.73. The third-order valence-corrected chi connectivity index (χ3v) is 3.40. The number of rotatable bonds is 3. The first-order chi connectivity index (χ1) is 8.10. The molecule has 92 valence electrons. The van der Waals surface area contributed by atoms with Crippen LogP contribution in [0.25, 0.3) is 10.9 Å². The molecule has 0 fully saturated rings. The molecule has 2 rings (SSSR count). The van der Waals surface area contributed by atoms with Crippen LogP contribution in [0.5, 0.6) is 5.75 Å². The van der Waals surface area contributed by atoms with Crippen LogP contribution in [0.3, 0.4) is 0 Å². The number of fused-ring (bicyclic) bond motifs is 1. The molecule has 0 unspecified atom stereocenters. The van der Waals surface area contributed by atoms with E-state index in [0.717, 1.165) is 11.3 Å². The Labute approximate surface area is 102 Å². The second-order valence-corrected chi connectivity index (χ2v) is 4.46. The Morgan fingerprint density at radius 1 is 1.29 bits per heavy atom. The molecule has 0 aliphatic carbocycles. The number of benzene rings is 1. The maximum atomic E-state index is 9.17. The molecule has 0 radical (unpaired) electrons. The van der Waals surface area contributed by atoms with Gasteiger partial charge in [-0.25, -0.2) is 0 Å². The average Bonchev–Trinajstić information content (AvgIpc) is 2.54. The highest BCUT2D eigenvalue weighted by molar-refractivity contribution is 5.91. The fourth-order valence-electron chi connectivity index (χ4n) is 2.47. The van der Waals surface area contributed by atoms with E-state index >= 15 is 0 Å². The fourth-order valence-corrected chi connectivity index (χ4v) is 2.47. The van der Waals surface area contributed by atoms with Crippen molar-refractivity contribution in [3.05, 3.63) is 29.0 Å². The van der Waals surface area contributed by atoms with Gasteiger partial charge in [-0.05, 0) is 43.5 Å². The quantitative estimate of drug-likeness (QED) is 0.883. The van der Waals surface area contributed by atoms with Gasteiger partial charge in [0.1, 0.15) is 5.75 Å². The molecule has 0 aliphatic rings. The SMILES string of the molecule is COc1cc(C)cc2c(CCO)c(C)n(C)c12. The molecule has 0 aliphatic heterocycles. The number of ether oxygens (including phenoxy) is 1. The van der Waals surface area contributed by atoms with E-state index < -0.39 is 0 Å². The Hall–Kier alpha value is -1.48. The minimum atomic E-state index is 0.177. The topological polar surface area (TPSA) is 34.4 Å². The molecule has 0 bridgehead atoms. The van der Waals surface area contributed by atoms with E-state index in [-0.39, 0.29) is 6.61 Å². The predicted octanol–water partition coefficient (Wildman–Crippen LogP) is 2.34. The molecular formula is C14H19NO2. The standard InChI is InChI=1S/C14H19NO2/c1-9-7-12-11(5-6-16)10(2)15(3)14(12)13(8-9)17-4/h7-8,16H,5-6H2,1-4H3. The maximum Gasteiger partial charge on any atom is 0.143 e. The molecule has 0 saturated heterocycles. The molecule has 2 aromatic rings. The number of aryl methyl sites for hydroxylation is 2. The van der Waals surface area contributed by atoms with Crippen molar-refractivity contribution in [1.82, 2.24) is 4.57 Å². The van der Waals surface area contributed by atoms with Gasteiger partial charge in [-0.15, -0.1) is 0 Å². The van der Waals surface area contributed by atoms with E-state index in [1.165, 1.54) is 22.2 Å². The van der Waals surface area contributed by atoms with Gasteiger partial charge in [0.2, 0.25) is 0 Å². The molecule has 1 aromatic carbocycles. The van der Waals surface area contributed by atoms with Crippen molar-refractivity contribution in [3.63, 3.8) is 0 Å². The second kappa shape index (κ2) is 4.41. The monoisotopic (exact) mass is 233 g/mol. The minimum Gasteiger partial charge on any atom is -0.495 e. The van der Waals surface area contributed by atoms with Crippen molar-refractivity contribution in [2.24, 2.45) is 7.05 Å². The number of methoxy groups -OCH3 is 1. The van der Waals surface area contributed by atoms with Gasteiger partial charge >= 0.3 is 0 Å². The lowest BCUT2D eigenvalue weighted by Crippen LogP contribution is -1.95. The fraction of sp³-hybridized carbons (Fsp3) is 0.429. The summed E-state index contributed by atoms with van der Waals surface area (Å²) in [6, 6.07) is 4.21. The van der Waals surface area contributed by atoms with Crippen molar-refractivity contribution in [1.29, 1.82) is 0 Å². The molecule has 0 amide bonds. The summed E-state index contributed by atoms with van der Waals surface area (Å²) in [4.78, 5) is 0. The Kier molecular flexibility index (Phi) is 3.11. The van der Waals surface area contributed by atoms with E-state index in [2.05, 4.69) is 24.5 Å². The largest absolute Gasteiger partial charge is 0.495 e. The van der Waals surface area contributed by atoms with E-state index in [1.807, 2.05) is 13.1 Å². The molecule has 1 heterocycles. The van der Waals surface area contributed by atoms with Gasteiger partial charge < -0.3 is 14.4 Å². The Bertz CT molecular complexity index is 555. The van der Waals surface area contributed by atoms with Gasteiger partial charge in [0.05, 0.1) is 12.6 Å². The summed E-state index contributed by atoms with van der Waals surface area (Å²) in [6.45, 7) is 4.32. The van der Waals surface area contributed by atoms with Crippen LogP contribution in [-0.4, -0.2) is 23.4 Å². The highest BCUT2D eigenvalue weighted by atomic mass is 16.5. The van der Waals surface area contributed by atoms with Gasteiger partial charge in [-0.2, -0.15) is 0 Å². The molecule has 1 N–H and O–H groups in total. The van der Waals surface area contributed by atoms with Crippen molar-refractivity contribution in [2.45, 2.75) is 20.3 Å². The summed E-state index contributed by atoms with van der Waals surface area (Å²) in [5.41, 5.74) is 4.70. The Morgan fingerprint density at radius 3 is 2.59 bits per heavy atom. The van der Waals surface area contributed by atoms with Crippen LogP contribution >= 0.6 is 0 Å². The lowest BCUT2D eigenvalue weighted by atomic mass is 10.1. The first-order valence-corrected chi connectivity index (χ1v) is 5.83. The first kappa shape index (κ1) is 12.0. The second-order valence-electron chi connectivity index (χ2n) is 4.46. The molecule has 17 heavy (non-hydrogen) atoms. The number of aromatic nitrogens is 1. The van der Waals surface area contributed by atoms with Gasteiger partial charge in [0.15, 0.2) is 0 Å². The zero-order valence-electron chi connectivity index (χ0n) is 10.9. The summed E-state index contributed by atoms with van der Waals surface area (Å²) < 4.78 is 7.59. The van der Waals surface area contributed by atoms with E-state index in [4.69, 9.17) is 9.84 Å². The zero-order valence-corrected chi connectivity index (χ0v) is 10.9.